The van der Waals surface area contributed by atoms with Gasteiger partial charge in [0.1, 0.15) is 0 Å². The van der Waals surface area contributed by atoms with Crippen LogP contribution in [0.15, 0.2) is 42.5 Å². The van der Waals surface area contributed by atoms with E-state index in [2.05, 4.69) is 35.9 Å². The highest BCUT2D eigenvalue weighted by atomic mass is 35.5. The Labute approximate surface area is 235 Å². The van der Waals surface area contributed by atoms with Crippen molar-refractivity contribution in [3.8, 4) is 0 Å². The fourth-order valence-corrected chi connectivity index (χ4v) is 4.70. The topological polar surface area (TPSA) is 81.6 Å². The lowest BCUT2D eigenvalue weighted by atomic mass is 10.1. The van der Waals surface area contributed by atoms with Gasteiger partial charge in [0.05, 0.1) is 11.0 Å². The smallest absolute Gasteiger partial charge is 0.475 e. The van der Waals surface area contributed by atoms with Gasteiger partial charge in [-0.25, -0.2) is 14.8 Å². The number of halogens is 5. The van der Waals surface area contributed by atoms with Crippen molar-refractivity contribution < 1.29 is 23.1 Å². The number of alkyl halides is 3. The molecular weight excluding hydrogens is 554 g/mol. The maximum atomic E-state index is 10.6. The lowest BCUT2D eigenvalue weighted by Gasteiger charge is -2.36. The molecular formula is C27H32Cl2F3N5O2. The van der Waals surface area contributed by atoms with Crippen molar-refractivity contribution in [3.05, 3.63) is 58.1 Å². The summed E-state index contributed by atoms with van der Waals surface area (Å²) >= 11 is 12.5. The minimum absolute atomic E-state index is 0.329. The summed E-state index contributed by atoms with van der Waals surface area (Å²) < 4.78 is 31.7. The molecule has 4 rings (SSSR count). The number of benzene rings is 2. The lowest BCUT2D eigenvalue weighted by Crippen LogP contribution is -2.46. The molecule has 1 saturated heterocycles. The minimum Gasteiger partial charge on any atom is -0.475 e. The minimum atomic E-state index is -5.08. The van der Waals surface area contributed by atoms with Crippen LogP contribution in [0.25, 0.3) is 11.0 Å². The van der Waals surface area contributed by atoms with Crippen molar-refractivity contribution in [2.45, 2.75) is 46.0 Å². The Morgan fingerprint density at radius 2 is 1.62 bits per heavy atom. The van der Waals surface area contributed by atoms with Crippen LogP contribution in [0.2, 0.25) is 10.0 Å². The Bertz CT molecular complexity index is 1270. The van der Waals surface area contributed by atoms with E-state index in [-0.39, 0.29) is 0 Å². The van der Waals surface area contributed by atoms with E-state index in [0.29, 0.717) is 12.0 Å². The van der Waals surface area contributed by atoms with Gasteiger partial charge in [-0.3, -0.25) is 4.90 Å². The molecule has 1 unspecified atom stereocenters. The van der Waals surface area contributed by atoms with Crippen LogP contribution < -0.4 is 10.2 Å². The fourth-order valence-electron chi connectivity index (χ4n) is 4.33. The van der Waals surface area contributed by atoms with E-state index in [1.54, 1.807) is 0 Å². The second-order valence-electron chi connectivity index (χ2n) is 9.86. The van der Waals surface area contributed by atoms with E-state index in [4.69, 9.17) is 43.1 Å². The highest BCUT2D eigenvalue weighted by Crippen LogP contribution is 2.28. The number of rotatable bonds is 7. The van der Waals surface area contributed by atoms with Gasteiger partial charge in [0, 0.05) is 48.8 Å². The number of carboxylic acid groups (broad SMARTS) is 1. The molecule has 212 valence electrons. The molecule has 2 N–H and O–H groups in total. The summed E-state index contributed by atoms with van der Waals surface area (Å²) in [4.78, 5) is 23.6. The summed E-state index contributed by atoms with van der Waals surface area (Å²) in [6.45, 7) is 11.1. The van der Waals surface area contributed by atoms with E-state index in [1.165, 1.54) is 0 Å². The van der Waals surface area contributed by atoms with Crippen molar-refractivity contribution >= 4 is 51.8 Å². The van der Waals surface area contributed by atoms with E-state index in [1.807, 2.05) is 42.5 Å². The number of carbonyl (C=O) groups is 1. The van der Waals surface area contributed by atoms with Crippen molar-refractivity contribution in [1.29, 1.82) is 0 Å². The van der Waals surface area contributed by atoms with E-state index < -0.39 is 12.1 Å². The average molecular weight is 586 g/mol. The van der Waals surface area contributed by atoms with Gasteiger partial charge in [-0.05, 0) is 55.2 Å². The van der Waals surface area contributed by atoms with Crippen molar-refractivity contribution in [1.82, 2.24) is 14.9 Å². The van der Waals surface area contributed by atoms with Crippen LogP contribution in [0.4, 0.5) is 24.8 Å². The average Bonchev–Trinajstić information content (AvgIpc) is 2.85. The molecule has 1 aliphatic rings. The molecule has 0 radical (unpaired) electrons. The first-order valence-electron chi connectivity index (χ1n) is 12.6. The van der Waals surface area contributed by atoms with Crippen LogP contribution in [0.3, 0.4) is 0 Å². The van der Waals surface area contributed by atoms with Crippen LogP contribution in [0, 0.1) is 5.92 Å². The quantitative estimate of drug-likeness (QED) is 0.318. The summed E-state index contributed by atoms with van der Waals surface area (Å²) in [6, 6.07) is 14.1. The SMILES string of the molecule is CC(C)CC(C)Nc1nc2ccccc2nc1N1CCN(Cc2cc(Cl)ccc2Cl)CC1.O=C(O)C(F)(F)F. The molecule has 3 aromatic rings. The highest BCUT2D eigenvalue weighted by molar-refractivity contribution is 6.33. The van der Waals surface area contributed by atoms with Crippen molar-refractivity contribution in [3.63, 3.8) is 0 Å². The molecule has 0 spiro atoms. The molecule has 7 nitrogen and oxygen atoms in total. The second kappa shape index (κ2) is 13.5. The van der Waals surface area contributed by atoms with Gasteiger partial charge in [-0.15, -0.1) is 0 Å². The van der Waals surface area contributed by atoms with Gasteiger partial charge in [0.15, 0.2) is 11.6 Å². The highest BCUT2D eigenvalue weighted by Gasteiger charge is 2.38. The largest absolute Gasteiger partial charge is 0.490 e. The number of nitrogens with one attached hydrogen (secondary N) is 1. The van der Waals surface area contributed by atoms with Gasteiger partial charge in [-0.1, -0.05) is 49.2 Å². The van der Waals surface area contributed by atoms with Crippen LogP contribution >= 0.6 is 23.2 Å². The van der Waals surface area contributed by atoms with Gasteiger partial charge >= 0.3 is 12.1 Å². The summed E-state index contributed by atoms with van der Waals surface area (Å²) in [5.41, 5.74) is 2.92. The van der Waals surface area contributed by atoms with E-state index >= 15 is 0 Å². The first-order valence-corrected chi connectivity index (χ1v) is 13.3. The normalized spacial score (nSPS) is 15.2. The third-order valence-corrected chi connectivity index (χ3v) is 6.68. The number of piperazine rings is 1. The van der Waals surface area contributed by atoms with Crippen molar-refractivity contribution in [2.75, 3.05) is 36.4 Å². The van der Waals surface area contributed by atoms with Crippen LogP contribution in [-0.4, -0.2) is 64.3 Å². The Kier molecular flexibility index (Phi) is 10.6. The number of fused-ring (bicyclic) bond motifs is 1. The van der Waals surface area contributed by atoms with E-state index in [9.17, 15) is 13.2 Å². The summed E-state index contributed by atoms with van der Waals surface area (Å²) in [6.07, 6.45) is -4.00. The molecule has 2 aromatic carbocycles. The predicted molar refractivity (Wildman–Crippen MR) is 150 cm³/mol. The zero-order valence-corrected chi connectivity index (χ0v) is 23.5. The first-order chi connectivity index (χ1) is 18.3. The maximum absolute atomic E-state index is 10.6. The first kappa shape index (κ1) is 30.7. The number of hydrogen-bond acceptors (Lipinski definition) is 6. The molecule has 12 heteroatoms. The Morgan fingerprint density at radius 1 is 1.03 bits per heavy atom. The zero-order chi connectivity index (χ0) is 28.7. The van der Waals surface area contributed by atoms with Gasteiger partial charge in [-0.2, -0.15) is 13.2 Å². The predicted octanol–water partition coefficient (Wildman–Crippen LogP) is 6.74. The fraction of sp³-hybridized carbons (Fsp3) is 0.444. The molecule has 0 aliphatic carbocycles. The number of aromatic nitrogens is 2. The number of aliphatic carboxylic acids is 1. The summed E-state index contributed by atoms with van der Waals surface area (Å²) in [5.74, 6) is -0.313. The molecule has 0 amide bonds. The Hall–Kier alpha value is -2.82. The van der Waals surface area contributed by atoms with Gasteiger partial charge in [0.25, 0.3) is 0 Å². The summed E-state index contributed by atoms with van der Waals surface area (Å²) in [7, 11) is 0. The number of nitrogens with zero attached hydrogens (tertiary/aromatic N) is 4. The van der Waals surface area contributed by atoms with Crippen LogP contribution in [-0.2, 0) is 11.3 Å². The monoisotopic (exact) mass is 585 g/mol. The number of anilines is 2. The maximum Gasteiger partial charge on any atom is 0.490 e. The van der Waals surface area contributed by atoms with Gasteiger partial charge < -0.3 is 15.3 Å². The number of para-hydroxylation sites is 2. The number of carboxylic acids is 1. The Morgan fingerprint density at radius 3 is 2.18 bits per heavy atom. The second-order valence-corrected chi connectivity index (χ2v) is 10.7. The molecule has 39 heavy (non-hydrogen) atoms. The molecule has 1 fully saturated rings. The standard InChI is InChI=1S/C25H31Cl2N5.C2HF3O2/c1-17(2)14-18(3)28-24-25(30-23-7-5-4-6-22(23)29-24)32-12-10-31(11-13-32)16-19-15-20(26)8-9-21(19)27;3-2(4,5)1(6)7/h4-9,15,17-18H,10-14,16H2,1-3H3,(H,28,29);(H,6,7). The third kappa shape index (κ3) is 9.12. The third-order valence-electron chi connectivity index (χ3n) is 6.08. The van der Waals surface area contributed by atoms with Crippen LogP contribution in [0.1, 0.15) is 32.8 Å². The zero-order valence-electron chi connectivity index (χ0n) is 22.0. The van der Waals surface area contributed by atoms with E-state index in [0.717, 1.165) is 77.4 Å². The lowest BCUT2D eigenvalue weighted by molar-refractivity contribution is -0.192. The molecule has 1 atom stereocenters. The molecule has 1 aliphatic heterocycles. The number of hydrogen-bond donors (Lipinski definition) is 2. The molecule has 2 heterocycles. The summed E-state index contributed by atoms with van der Waals surface area (Å²) in [5, 5.41) is 12.2. The van der Waals surface area contributed by atoms with Crippen molar-refractivity contribution in [2.24, 2.45) is 5.92 Å². The van der Waals surface area contributed by atoms with Crippen LogP contribution in [0.5, 0.6) is 0 Å². The molecule has 0 saturated carbocycles. The van der Waals surface area contributed by atoms with Gasteiger partial charge in [0.2, 0.25) is 0 Å². The molecule has 1 aromatic heterocycles. The Balaban J connectivity index is 0.000000532. The molecule has 0 bridgehead atoms.